The standard InChI is InChI=1S/C15H22N4O2/c1-3-19(4-2)12-7-5-11(6-8-12)18-15(21)13-9-17-14(20)10-16-13/h5-8,13,16H,3-4,9-10H2,1-2H3,(H,17,20)(H,18,21). The first-order valence-electron chi connectivity index (χ1n) is 7.30. The average molecular weight is 290 g/mol. The molecule has 1 aliphatic heterocycles. The van der Waals surface area contributed by atoms with Crippen molar-refractivity contribution in [1.82, 2.24) is 10.6 Å². The number of hydrogen-bond acceptors (Lipinski definition) is 4. The second-order valence-corrected chi connectivity index (χ2v) is 4.95. The molecule has 2 rings (SSSR count). The minimum absolute atomic E-state index is 0.0809. The number of nitrogens with zero attached hydrogens (tertiary/aromatic N) is 1. The molecule has 1 saturated heterocycles. The summed E-state index contributed by atoms with van der Waals surface area (Å²) in [5, 5.41) is 8.43. The highest BCUT2D eigenvalue weighted by atomic mass is 16.2. The van der Waals surface area contributed by atoms with Gasteiger partial charge < -0.3 is 15.5 Å². The smallest absolute Gasteiger partial charge is 0.243 e. The molecular formula is C15H22N4O2. The van der Waals surface area contributed by atoms with Gasteiger partial charge in [0.1, 0.15) is 6.04 Å². The van der Waals surface area contributed by atoms with Crippen LogP contribution < -0.4 is 20.9 Å². The molecule has 1 aromatic rings. The summed E-state index contributed by atoms with van der Waals surface area (Å²) in [7, 11) is 0. The van der Waals surface area contributed by atoms with Gasteiger partial charge in [0.2, 0.25) is 11.8 Å². The zero-order chi connectivity index (χ0) is 15.2. The van der Waals surface area contributed by atoms with Gasteiger partial charge in [-0.15, -0.1) is 0 Å². The molecule has 1 aliphatic rings. The number of amides is 2. The van der Waals surface area contributed by atoms with Gasteiger partial charge in [0, 0.05) is 31.0 Å². The lowest BCUT2D eigenvalue weighted by molar-refractivity contribution is -0.124. The van der Waals surface area contributed by atoms with E-state index in [0.29, 0.717) is 6.54 Å². The summed E-state index contributed by atoms with van der Waals surface area (Å²) in [5.41, 5.74) is 1.90. The Morgan fingerprint density at radius 2 is 1.95 bits per heavy atom. The minimum atomic E-state index is -0.384. The first kappa shape index (κ1) is 15.3. The van der Waals surface area contributed by atoms with Gasteiger partial charge >= 0.3 is 0 Å². The third-order valence-electron chi connectivity index (χ3n) is 3.59. The monoisotopic (exact) mass is 290 g/mol. The van der Waals surface area contributed by atoms with E-state index in [1.165, 1.54) is 0 Å². The van der Waals surface area contributed by atoms with Gasteiger partial charge in [-0.3, -0.25) is 14.9 Å². The van der Waals surface area contributed by atoms with Crippen LogP contribution in [0.5, 0.6) is 0 Å². The van der Waals surface area contributed by atoms with Crippen LogP contribution >= 0.6 is 0 Å². The Labute approximate surface area is 124 Å². The largest absolute Gasteiger partial charge is 0.372 e. The van der Waals surface area contributed by atoms with Gasteiger partial charge in [0.15, 0.2) is 0 Å². The molecule has 2 amide bonds. The van der Waals surface area contributed by atoms with E-state index in [2.05, 4.69) is 34.7 Å². The van der Waals surface area contributed by atoms with Crippen LogP contribution in [0.25, 0.3) is 0 Å². The fourth-order valence-electron chi connectivity index (χ4n) is 2.33. The van der Waals surface area contributed by atoms with Crippen LogP contribution in [-0.4, -0.2) is 44.0 Å². The van der Waals surface area contributed by atoms with Crippen LogP contribution in [0.2, 0.25) is 0 Å². The van der Waals surface area contributed by atoms with Crippen molar-refractivity contribution in [3.8, 4) is 0 Å². The molecule has 0 saturated carbocycles. The fourth-order valence-corrected chi connectivity index (χ4v) is 2.33. The first-order chi connectivity index (χ1) is 10.1. The maximum absolute atomic E-state index is 12.1. The number of anilines is 2. The summed E-state index contributed by atoms with van der Waals surface area (Å²) in [6.07, 6.45) is 0. The number of carbonyl (C=O) groups excluding carboxylic acids is 2. The van der Waals surface area contributed by atoms with Crippen LogP contribution in [0.1, 0.15) is 13.8 Å². The van der Waals surface area contributed by atoms with Crippen molar-refractivity contribution in [3.05, 3.63) is 24.3 Å². The van der Waals surface area contributed by atoms with E-state index < -0.39 is 0 Å². The summed E-state index contributed by atoms with van der Waals surface area (Å²) in [6, 6.07) is 7.40. The Bertz CT molecular complexity index is 487. The lowest BCUT2D eigenvalue weighted by Crippen LogP contribution is -2.56. The summed E-state index contributed by atoms with van der Waals surface area (Å²) in [6.45, 7) is 6.63. The van der Waals surface area contributed by atoms with E-state index in [-0.39, 0.29) is 24.4 Å². The molecule has 6 nitrogen and oxygen atoms in total. The van der Waals surface area contributed by atoms with E-state index >= 15 is 0 Å². The van der Waals surface area contributed by atoms with E-state index in [4.69, 9.17) is 0 Å². The third-order valence-corrected chi connectivity index (χ3v) is 3.59. The van der Waals surface area contributed by atoms with Crippen LogP contribution in [0.4, 0.5) is 11.4 Å². The Balaban J connectivity index is 1.93. The van der Waals surface area contributed by atoms with Crippen molar-refractivity contribution in [2.45, 2.75) is 19.9 Å². The van der Waals surface area contributed by atoms with Crippen molar-refractivity contribution in [2.75, 3.05) is 36.4 Å². The Morgan fingerprint density at radius 1 is 1.29 bits per heavy atom. The topological polar surface area (TPSA) is 73.5 Å². The zero-order valence-corrected chi connectivity index (χ0v) is 12.5. The minimum Gasteiger partial charge on any atom is -0.372 e. The quantitative estimate of drug-likeness (QED) is 0.741. The molecule has 0 spiro atoms. The van der Waals surface area contributed by atoms with E-state index in [0.717, 1.165) is 24.5 Å². The van der Waals surface area contributed by atoms with Crippen molar-refractivity contribution in [1.29, 1.82) is 0 Å². The molecule has 1 heterocycles. The average Bonchev–Trinajstić information content (AvgIpc) is 2.51. The fraction of sp³-hybridized carbons (Fsp3) is 0.467. The van der Waals surface area contributed by atoms with Crippen LogP contribution in [0.15, 0.2) is 24.3 Å². The Hall–Kier alpha value is -2.08. The molecule has 1 fully saturated rings. The lowest BCUT2D eigenvalue weighted by Gasteiger charge is -2.24. The number of rotatable bonds is 5. The number of hydrogen-bond donors (Lipinski definition) is 3. The second-order valence-electron chi connectivity index (χ2n) is 4.95. The van der Waals surface area contributed by atoms with Gasteiger partial charge in [-0.2, -0.15) is 0 Å². The van der Waals surface area contributed by atoms with Crippen molar-refractivity contribution < 1.29 is 9.59 Å². The second kappa shape index (κ2) is 7.08. The summed E-state index contributed by atoms with van der Waals surface area (Å²) < 4.78 is 0. The van der Waals surface area contributed by atoms with E-state index in [1.807, 2.05) is 24.3 Å². The third kappa shape index (κ3) is 3.95. The SMILES string of the molecule is CCN(CC)c1ccc(NC(=O)C2CNC(=O)CN2)cc1. The van der Waals surface area contributed by atoms with E-state index in [9.17, 15) is 9.59 Å². The molecule has 0 bridgehead atoms. The normalized spacial score (nSPS) is 18.0. The lowest BCUT2D eigenvalue weighted by atomic mass is 10.2. The molecule has 6 heteroatoms. The molecule has 1 unspecified atom stereocenters. The van der Waals surface area contributed by atoms with Gasteiger partial charge in [-0.25, -0.2) is 0 Å². The molecular weight excluding hydrogens is 268 g/mol. The summed E-state index contributed by atoms with van der Waals surface area (Å²) >= 11 is 0. The van der Waals surface area contributed by atoms with Gasteiger partial charge in [-0.1, -0.05) is 0 Å². The number of carbonyl (C=O) groups is 2. The predicted molar refractivity (Wildman–Crippen MR) is 83.4 cm³/mol. The molecule has 0 aliphatic carbocycles. The summed E-state index contributed by atoms with van der Waals surface area (Å²) in [5.74, 6) is -0.215. The molecule has 1 aromatic carbocycles. The van der Waals surface area contributed by atoms with E-state index in [1.54, 1.807) is 0 Å². The Kier molecular flexibility index (Phi) is 5.16. The molecule has 0 aromatic heterocycles. The summed E-state index contributed by atoms with van der Waals surface area (Å²) in [4.78, 5) is 25.3. The van der Waals surface area contributed by atoms with Gasteiger partial charge in [-0.05, 0) is 38.1 Å². The van der Waals surface area contributed by atoms with Crippen LogP contribution in [0, 0.1) is 0 Å². The van der Waals surface area contributed by atoms with Crippen molar-refractivity contribution >= 4 is 23.2 Å². The zero-order valence-electron chi connectivity index (χ0n) is 12.5. The molecule has 114 valence electrons. The highest BCUT2D eigenvalue weighted by Crippen LogP contribution is 2.17. The predicted octanol–water partition coefficient (Wildman–Crippen LogP) is 0.559. The van der Waals surface area contributed by atoms with Crippen LogP contribution in [-0.2, 0) is 9.59 Å². The molecule has 21 heavy (non-hydrogen) atoms. The van der Waals surface area contributed by atoms with Gasteiger partial charge in [0.25, 0.3) is 0 Å². The Morgan fingerprint density at radius 3 is 2.48 bits per heavy atom. The van der Waals surface area contributed by atoms with Crippen molar-refractivity contribution in [3.63, 3.8) is 0 Å². The first-order valence-corrected chi connectivity index (χ1v) is 7.30. The number of piperazine rings is 1. The molecule has 0 radical (unpaired) electrons. The highest BCUT2D eigenvalue weighted by Gasteiger charge is 2.23. The number of benzene rings is 1. The highest BCUT2D eigenvalue weighted by molar-refractivity contribution is 5.96. The maximum Gasteiger partial charge on any atom is 0.243 e. The van der Waals surface area contributed by atoms with Crippen LogP contribution in [0.3, 0.4) is 0 Å². The van der Waals surface area contributed by atoms with Gasteiger partial charge in [0.05, 0.1) is 6.54 Å². The molecule has 3 N–H and O–H groups in total. The maximum atomic E-state index is 12.1. The number of nitrogens with one attached hydrogen (secondary N) is 3. The van der Waals surface area contributed by atoms with Crippen molar-refractivity contribution in [2.24, 2.45) is 0 Å². The molecule has 1 atom stereocenters.